The van der Waals surface area contributed by atoms with Crippen molar-refractivity contribution >= 4 is 17.8 Å². The van der Waals surface area contributed by atoms with E-state index in [1.807, 2.05) is 0 Å². The van der Waals surface area contributed by atoms with Gasteiger partial charge in [-0.05, 0) is 20.8 Å². The highest BCUT2D eigenvalue weighted by molar-refractivity contribution is 5.91. The first-order valence-corrected chi connectivity index (χ1v) is 6.58. The normalized spacial score (nSPS) is 12.6. The number of nitrogens with one attached hydrogen (secondary N) is 1. The van der Waals surface area contributed by atoms with Crippen molar-refractivity contribution in [2.45, 2.75) is 46.8 Å². The van der Waals surface area contributed by atoms with Crippen molar-refractivity contribution in [3.8, 4) is 0 Å². The second kappa shape index (κ2) is 9.12. The molecule has 0 rings (SSSR count). The SMILES string of the molecule is CC(C)OC(=O)C=CC(=O)OC[C@H](C)NC(=O)C(C)C. The second-order valence-electron chi connectivity index (χ2n) is 5.01. The molecule has 0 bridgehead atoms. The van der Waals surface area contributed by atoms with Gasteiger partial charge in [0, 0.05) is 18.1 Å². The largest absolute Gasteiger partial charge is 0.460 e. The number of carbonyl (C=O) groups excluding carboxylic acids is 3. The van der Waals surface area contributed by atoms with Crippen molar-refractivity contribution in [1.82, 2.24) is 5.32 Å². The van der Waals surface area contributed by atoms with Crippen LogP contribution < -0.4 is 5.32 Å². The Kier molecular flexibility index (Phi) is 8.27. The van der Waals surface area contributed by atoms with Gasteiger partial charge in [0.25, 0.3) is 0 Å². The molecule has 0 saturated carbocycles. The predicted molar refractivity (Wildman–Crippen MR) is 73.8 cm³/mol. The molecule has 0 spiro atoms. The quantitative estimate of drug-likeness (QED) is 0.561. The van der Waals surface area contributed by atoms with E-state index in [0.29, 0.717) is 0 Å². The lowest BCUT2D eigenvalue weighted by molar-refractivity contribution is -0.143. The minimum Gasteiger partial charge on any atom is -0.460 e. The molecule has 0 aromatic carbocycles. The van der Waals surface area contributed by atoms with Crippen LogP contribution in [0.25, 0.3) is 0 Å². The van der Waals surface area contributed by atoms with E-state index < -0.39 is 11.9 Å². The molecule has 0 aliphatic heterocycles. The molecule has 6 nitrogen and oxygen atoms in total. The number of ether oxygens (including phenoxy) is 2. The van der Waals surface area contributed by atoms with E-state index in [-0.39, 0.29) is 30.6 Å². The van der Waals surface area contributed by atoms with Crippen LogP contribution in [-0.4, -0.2) is 36.6 Å². The lowest BCUT2D eigenvalue weighted by Crippen LogP contribution is -2.38. The number of hydrogen-bond acceptors (Lipinski definition) is 5. The summed E-state index contributed by atoms with van der Waals surface area (Å²) in [5.74, 6) is -1.49. The Hall–Kier alpha value is -1.85. The Labute approximate surface area is 119 Å². The summed E-state index contributed by atoms with van der Waals surface area (Å²) in [7, 11) is 0. The molecule has 0 aliphatic rings. The van der Waals surface area contributed by atoms with Crippen molar-refractivity contribution in [3.05, 3.63) is 12.2 Å². The predicted octanol–water partition coefficient (Wildman–Crippen LogP) is 1.20. The highest BCUT2D eigenvalue weighted by Gasteiger charge is 2.12. The monoisotopic (exact) mass is 285 g/mol. The van der Waals surface area contributed by atoms with Crippen LogP contribution >= 0.6 is 0 Å². The Morgan fingerprint density at radius 1 is 1.00 bits per heavy atom. The van der Waals surface area contributed by atoms with Crippen LogP contribution in [0.5, 0.6) is 0 Å². The van der Waals surface area contributed by atoms with Crippen LogP contribution in [-0.2, 0) is 23.9 Å². The van der Waals surface area contributed by atoms with Crippen molar-refractivity contribution in [2.24, 2.45) is 5.92 Å². The van der Waals surface area contributed by atoms with Gasteiger partial charge in [-0.25, -0.2) is 9.59 Å². The number of hydrogen-bond donors (Lipinski definition) is 1. The van der Waals surface area contributed by atoms with Crippen molar-refractivity contribution < 1.29 is 23.9 Å². The van der Waals surface area contributed by atoms with E-state index >= 15 is 0 Å². The van der Waals surface area contributed by atoms with Gasteiger partial charge in [-0.3, -0.25) is 4.79 Å². The molecule has 0 aromatic rings. The topological polar surface area (TPSA) is 81.7 Å². The molecule has 0 heterocycles. The average Bonchev–Trinajstić information content (AvgIpc) is 2.32. The standard InChI is InChI=1S/C14H23NO5/c1-9(2)14(18)15-11(5)8-19-12(16)6-7-13(17)20-10(3)4/h6-7,9-11H,8H2,1-5H3,(H,15,18)/t11-/m0/s1. The number of amides is 1. The van der Waals surface area contributed by atoms with E-state index in [1.54, 1.807) is 34.6 Å². The third kappa shape index (κ3) is 9.13. The van der Waals surface area contributed by atoms with Crippen molar-refractivity contribution in [1.29, 1.82) is 0 Å². The highest BCUT2D eigenvalue weighted by Crippen LogP contribution is 1.95. The molecule has 1 N–H and O–H groups in total. The van der Waals surface area contributed by atoms with E-state index in [4.69, 9.17) is 9.47 Å². The fourth-order valence-corrected chi connectivity index (χ4v) is 1.11. The summed E-state index contributed by atoms with van der Waals surface area (Å²) in [6, 6.07) is -0.287. The molecule has 0 saturated heterocycles. The molecular weight excluding hydrogens is 262 g/mol. The molecule has 1 atom stereocenters. The van der Waals surface area contributed by atoms with Gasteiger partial charge in [0.15, 0.2) is 0 Å². The average molecular weight is 285 g/mol. The van der Waals surface area contributed by atoms with Crippen LogP contribution in [0, 0.1) is 5.92 Å². The van der Waals surface area contributed by atoms with Gasteiger partial charge in [0.1, 0.15) is 6.61 Å². The van der Waals surface area contributed by atoms with Gasteiger partial charge in [0.2, 0.25) is 5.91 Å². The summed E-state index contributed by atoms with van der Waals surface area (Å²) in [5, 5.41) is 2.69. The van der Waals surface area contributed by atoms with Gasteiger partial charge in [-0.1, -0.05) is 13.8 Å². The summed E-state index contributed by atoms with van der Waals surface area (Å²) in [6.45, 7) is 8.74. The number of esters is 2. The summed E-state index contributed by atoms with van der Waals surface area (Å²) in [6.07, 6.45) is 1.77. The number of carbonyl (C=O) groups is 3. The first kappa shape index (κ1) is 18.1. The third-order valence-electron chi connectivity index (χ3n) is 2.10. The lowest BCUT2D eigenvalue weighted by atomic mass is 10.2. The summed E-state index contributed by atoms with van der Waals surface area (Å²) in [4.78, 5) is 33.9. The molecule has 0 aliphatic carbocycles. The summed E-state index contributed by atoms with van der Waals surface area (Å²) < 4.78 is 9.71. The summed E-state index contributed by atoms with van der Waals surface area (Å²) >= 11 is 0. The smallest absolute Gasteiger partial charge is 0.331 e. The van der Waals surface area contributed by atoms with Gasteiger partial charge in [-0.2, -0.15) is 0 Å². The van der Waals surface area contributed by atoms with Gasteiger partial charge in [0.05, 0.1) is 12.1 Å². The van der Waals surface area contributed by atoms with Crippen LogP contribution in [0.15, 0.2) is 12.2 Å². The maximum absolute atomic E-state index is 11.4. The van der Waals surface area contributed by atoms with Crippen LogP contribution in [0.2, 0.25) is 0 Å². The molecule has 0 radical (unpaired) electrons. The summed E-state index contributed by atoms with van der Waals surface area (Å²) in [5.41, 5.74) is 0. The minimum atomic E-state index is -0.656. The van der Waals surface area contributed by atoms with E-state index in [2.05, 4.69) is 5.32 Å². The van der Waals surface area contributed by atoms with Crippen molar-refractivity contribution in [2.75, 3.05) is 6.61 Å². The zero-order valence-electron chi connectivity index (χ0n) is 12.6. The van der Waals surface area contributed by atoms with Crippen LogP contribution in [0.3, 0.4) is 0 Å². The third-order valence-corrected chi connectivity index (χ3v) is 2.10. The molecule has 1 amide bonds. The van der Waals surface area contributed by atoms with Gasteiger partial charge in [-0.15, -0.1) is 0 Å². The first-order valence-electron chi connectivity index (χ1n) is 6.58. The van der Waals surface area contributed by atoms with Crippen LogP contribution in [0.1, 0.15) is 34.6 Å². The first-order chi connectivity index (χ1) is 9.22. The Morgan fingerprint density at radius 3 is 2.05 bits per heavy atom. The molecular formula is C14H23NO5. The van der Waals surface area contributed by atoms with Gasteiger partial charge >= 0.3 is 11.9 Å². The highest BCUT2D eigenvalue weighted by atomic mass is 16.5. The number of rotatable bonds is 7. The molecule has 20 heavy (non-hydrogen) atoms. The fourth-order valence-electron chi connectivity index (χ4n) is 1.11. The minimum absolute atomic E-state index is 0.0425. The Morgan fingerprint density at radius 2 is 1.55 bits per heavy atom. The maximum Gasteiger partial charge on any atom is 0.331 e. The molecule has 0 fully saturated rings. The molecule has 0 unspecified atom stereocenters. The Bertz CT molecular complexity index is 374. The fraction of sp³-hybridized carbons (Fsp3) is 0.643. The second-order valence-corrected chi connectivity index (χ2v) is 5.01. The van der Waals surface area contributed by atoms with E-state index in [1.165, 1.54) is 0 Å². The zero-order valence-corrected chi connectivity index (χ0v) is 12.6. The van der Waals surface area contributed by atoms with Crippen LogP contribution in [0.4, 0.5) is 0 Å². The Balaban J connectivity index is 4.01. The zero-order chi connectivity index (χ0) is 15.7. The molecule has 114 valence electrons. The molecule has 0 aromatic heterocycles. The lowest BCUT2D eigenvalue weighted by Gasteiger charge is -2.15. The maximum atomic E-state index is 11.4. The molecule has 6 heteroatoms. The van der Waals surface area contributed by atoms with E-state index in [9.17, 15) is 14.4 Å². The van der Waals surface area contributed by atoms with Gasteiger partial charge < -0.3 is 14.8 Å². The van der Waals surface area contributed by atoms with Crippen molar-refractivity contribution in [3.63, 3.8) is 0 Å². The van der Waals surface area contributed by atoms with E-state index in [0.717, 1.165) is 12.2 Å².